The summed E-state index contributed by atoms with van der Waals surface area (Å²) in [5.41, 5.74) is 4.66. The fraction of sp³-hybridized carbons (Fsp3) is 0.200. The van der Waals surface area contributed by atoms with E-state index in [1.54, 1.807) is 24.8 Å². The summed E-state index contributed by atoms with van der Waals surface area (Å²) in [5.74, 6) is -1.50. The molecule has 0 aliphatic carbocycles. The first kappa shape index (κ1) is 53.7. The molecule has 3 rings (SSSR count). The number of rotatable bonds is 8. The van der Waals surface area contributed by atoms with Gasteiger partial charge >= 0.3 is 34.1 Å². The number of carbonyl (C=O) groups excluding carboxylic acids is 4. The second kappa shape index (κ2) is 33.0. The van der Waals surface area contributed by atoms with E-state index in [4.69, 9.17) is 0 Å². The molecule has 284 valence electrons. The Balaban J connectivity index is -0.000000320. The first-order valence-electron chi connectivity index (χ1n) is 15.1. The Labute approximate surface area is 328 Å². The minimum absolute atomic E-state index is 0. The molecule has 0 bridgehead atoms. The van der Waals surface area contributed by atoms with Crippen molar-refractivity contribution >= 4 is 47.4 Å². The van der Waals surface area contributed by atoms with Gasteiger partial charge in [-0.1, -0.05) is 76.3 Å². The van der Waals surface area contributed by atoms with Gasteiger partial charge in [0.25, 0.3) is 0 Å². The average Bonchev–Trinajstić information content (AvgIpc) is 2.99. The van der Waals surface area contributed by atoms with Gasteiger partial charge < -0.3 is 20.4 Å². The van der Waals surface area contributed by atoms with Crippen LogP contribution in [-0.2, 0) is 53.3 Å². The van der Waals surface area contributed by atoms with Crippen molar-refractivity contribution in [3.63, 3.8) is 0 Å². The minimum atomic E-state index is -0.187. The first-order valence-corrected chi connectivity index (χ1v) is 15.1. The number of nitrogens with zero attached hydrogens (tertiary/aromatic N) is 2. The van der Waals surface area contributed by atoms with E-state index < -0.39 is 0 Å². The van der Waals surface area contributed by atoms with Gasteiger partial charge in [-0.2, -0.15) is 0 Å². The summed E-state index contributed by atoms with van der Waals surface area (Å²) in [7, 11) is 0. The molecule has 0 N–H and O–H groups in total. The SMILES string of the molecule is C(=C\c1ccc(/C=C/c2ccncc2)cc1)/c1ccncc1.CC(=O)/C=C(/C)[O-].CC(=O)/C=C(/C)[O-].CC(=O)/C=C(/C)[O-].CC(=O)/C=C(/C)[O-].[Cu+2].[Cu+2]. The van der Waals surface area contributed by atoms with E-state index in [1.807, 2.05) is 24.3 Å². The van der Waals surface area contributed by atoms with Crippen LogP contribution in [-0.4, -0.2) is 33.1 Å². The quantitative estimate of drug-likeness (QED) is 0.182. The molecular formula is C40H44Cu2N2O8. The van der Waals surface area contributed by atoms with Gasteiger partial charge in [0.05, 0.1) is 0 Å². The molecule has 0 saturated heterocycles. The van der Waals surface area contributed by atoms with E-state index in [2.05, 4.69) is 58.5 Å². The maximum Gasteiger partial charge on any atom is 2.00 e. The van der Waals surface area contributed by atoms with E-state index in [0.29, 0.717) is 0 Å². The predicted octanol–water partition coefficient (Wildman–Crippen LogP) is 4.17. The van der Waals surface area contributed by atoms with E-state index >= 15 is 0 Å². The summed E-state index contributed by atoms with van der Waals surface area (Å²) in [4.78, 5) is 47.9. The molecule has 1 aromatic carbocycles. The zero-order valence-corrected chi connectivity index (χ0v) is 32.2. The minimum Gasteiger partial charge on any atom is -0.876 e. The van der Waals surface area contributed by atoms with Crippen molar-refractivity contribution in [1.82, 2.24) is 9.97 Å². The normalized spacial score (nSPS) is 10.9. The fourth-order valence-electron chi connectivity index (χ4n) is 3.20. The number of ketones is 4. The molecule has 10 nitrogen and oxygen atoms in total. The Kier molecular flexibility index (Phi) is 34.1. The Morgan fingerprint density at radius 3 is 0.692 bits per heavy atom. The van der Waals surface area contributed by atoms with Crippen LogP contribution in [0.3, 0.4) is 0 Å². The number of hydrogen-bond acceptors (Lipinski definition) is 10. The van der Waals surface area contributed by atoms with E-state index in [-0.39, 0.29) is 80.3 Å². The van der Waals surface area contributed by atoms with Crippen molar-refractivity contribution in [1.29, 1.82) is 0 Å². The molecule has 0 aliphatic heterocycles. The zero-order valence-electron chi connectivity index (χ0n) is 30.3. The van der Waals surface area contributed by atoms with Crippen LogP contribution in [0.1, 0.15) is 77.6 Å². The zero-order chi connectivity index (χ0) is 38.5. The maximum absolute atomic E-state index is 9.98. The van der Waals surface area contributed by atoms with E-state index in [0.717, 1.165) is 35.4 Å². The van der Waals surface area contributed by atoms with Gasteiger partial charge in [-0.05, 0) is 98.5 Å². The van der Waals surface area contributed by atoms with Gasteiger partial charge in [0.2, 0.25) is 0 Å². The molecule has 12 heteroatoms. The van der Waals surface area contributed by atoms with Crippen molar-refractivity contribution in [3.8, 4) is 0 Å². The van der Waals surface area contributed by atoms with Gasteiger partial charge in [0, 0.05) is 24.8 Å². The monoisotopic (exact) mass is 806 g/mol. The summed E-state index contributed by atoms with van der Waals surface area (Å²) in [6, 6.07) is 16.4. The Hall–Kier alpha value is -5.12. The first-order chi connectivity index (χ1) is 23.4. The summed E-state index contributed by atoms with van der Waals surface area (Å²) >= 11 is 0. The molecule has 0 fully saturated rings. The molecule has 0 aliphatic rings. The molecule has 0 amide bonds. The number of pyridine rings is 2. The van der Waals surface area contributed by atoms with Gasteiger partial charge in [0.1, 0.15) is 0 Å². The summed E-state index contributed by atoms with van der Waals surface area (Å²) in [6.45, 7) is 10.8. The summed E-state index contributed by atoms with van der Waals surface area (Å²) in [6.07, 6.45) is 19.8. The van der Waals surface area contributed by atoms with Crippen molar-refractivity contribution < 1.29 is 73.7 Å². The Morgan fingerprint density at radius 1 is 0.385 bits per heavy atom. The number of aromatic nitrogens is 2. The van der Waals surface area contributed by atoms with Crippen LogP contribution in [0, 0.1) is 0 Å². The van der Waals surface area contributed by atoms with Crippen LogP contribution in [0.2, 0.25) is 0 Å². The maximum atomic E-state index is 9.98. The van der Waals surface area contributed by atoms with Gasteiger partial charge in [-0.15, -0.1) is 23.0 Å². The Morgan fingerprint density at radius 2 is 0.558 bits per heavy atom. The summed E-state index contributed by atoms with van der Waals surface area (Å²) < 4.78 is 0. The van der Waals surface area contributed by atoms with Crippen LogP contribution in [0.15, 0.2) is 121 Å². The van der Waals surface area contributed by atoms with Crippen LogP contribution in [0.5, 0.6) is 0 Å². The number of carbonyl (C=O) groups is 4. The second-order valence-electron chi connectivity index (χ2n) is 10.4. The molecule has 52 heavy (non-hydrogen) atoms. The van der Waals surface area contributed by atoms with Crippen LogP contribution < -0.4 is 20.4 Å². The average molecular weight is 808 g/mol. The van der Waals surface area contributed by atoms with Gasteiger partial charge in [-0.25, -0.2) is 0 Å². The number of hydrogen-bond donors (Lipinski definition) is 0. The second-order valence-corrected chi connectivity index (χ2v) is 10.4. The molecule has 0 spiro atoms. The van der Waals surface area contributed by atoms with Crippen molar-refractivity contribution in [2.75, 3.05) is 0 Å². The predicted molar refractivity (Wildman–Crippen MR) is 191 cm³/mol. The van der Waals surface area contributed by atoms with Crippen molar-refractivity contribution in [3.05, 3.63) is 143 Å². The van der Waals surface area contributed by atoms with Crippen LogP contribution in [0.25, 0.3) is 24.3 Å². The molecule has 2 radical (unpaired) electrons. The van der Waals surface area contributed by atoms with Crippen molar-refractivity contribution in [2.45, 2.75) is 55.4 Å². The standard InChI is InChI=1S/C20H16N2.4C5H8O2.2Cu/c1-2-18(6-8-20-11-15-22-16-12-20)4-3-17(1)5-7-19-9-13-21-14-10-19;4*1-4(6)3-5(2)7;;/h1-16H;4*3,6H,1-2H3;;/q;;;;;2*+2/p-4/b7-5+,8-6+;4*4-3-;;. The molecular weight excluding hydrogens is 764 g/mol. The van der Waals surface area contributed by atoms with Crippen LogP contribution in [0.4, 0.5) is 0 Å². The molecule has 0 atom stereocenters. The largest absolute Gasteiger partial charge is 2.00 e. The van der Waals surface area contributed by atoms with E-state index in [9.17, 15) is 39.6 Å². The molecule has 3 aromatic rings. The third kappa shape index (κ3) is 39.3. The Bertz CT molecular complexity index is 1470. The van der Waals surface area contributed by atoms with Crippen LogP contribution >= 0.6 is 0 Å². The topological polar surface area (TPSA) is 186 Å². The number of allylic oxidation sites excluding steroid dienone is 8. The summed E-state index contributed by atoms with van der Waals surface area (Å²) in [5, 5.41) is 39.9. The third-order valence-electron chi connectivity index (χ3n) is 4.91. The number of benzene rings is 1. The molecule has 0 unspecified atom stereocenters. The fourth-order valence-corrected chi connectivity index (χ4v) is 3.20. The smallest absolute Gasteiger partial charge is 0.876 e. The van der Waals surface area contributed by atoms with E-state index in [1.165, 1.54) is 66.5 Å². The molecule has 2 heterocycles. The van der Waals surface area contributed by atoms with Gasteiger partial charge in [0.15, 0.2) is 23.1 Å². The molecule has 2 aromatic heterocycles. The third-order valence-corrected chi connectivity index (χ3v) is 4.91. The van der Waals surface area contributed by atoms with Gasteiger partial charge in [-0.3, -0.25) is 29.1 Å². The molecule has 0 saturated carbocycles. The van der Waals surface area contributed by atoms with Crippen molar-refractivity contribution in [2.24, 2.45) is 0 Å².